The molecular formula is C17H14F3N3O2. The third-order valence-electron chi connectivity index (χ3n) is 3.86. The van der Waals surface area contributed by atoms with E-state index in [2.05, 4.69) is 9.97 Å². The van der Waals surface area contributed by atoms with Gasteiger partial charge in [0, 0.05) is 19.8 Å². The Morgan fingerprint density at radius 2 is 1.40 bits per heavy atom. The second kappa shape index (κ2) is 5.80. The number of anilines is 1. The number of nitrogens with zero attached hydrogens (tertiary/aromatic N) is 1. The number of hydrogen-bond acceptors (Lipinski definition) is 3. The van der Waals surface area contributed by atoms with E-state index >= 15 is 0 Å². The summed E-state index contributed by atoms with van der Waals surface area (Å²) in [6.45, 7) is 0. The van der Waals surface area contributed by atoms with Crippen molar-refractivity contribution in [2.24, 2.45) is 0 Å². The summed E-state index contributed by atoms with van der Waals surface area (Å²) in [5, 5.41) is 0. The monoisotopic (exact) mass is 349 g/mol. The molecule has 0 amide bonds. The normalized spacial score (nSPS) is 11.7. The van der Waals surface area contributed by atoms with Crippen LogP contribution in [0.1, 0.15) is 5.56 Å². The maximum absolute atomic E-state index is 13.5. The molecule has 0 unspecified atom stereocenters. The zero-order chi connectivity index (χ0) is 18.4. The van der Waals surface area contributed by atoms with Crippen molar-refractivity contribution in [2.45, 2.75) is 6.18 Å². The number of aromatic amines is 2. The van der Waals surface area contributed by atoms with E-state index in [0.717, 1.165) is 11.8 Å². The summed E-state index contributed by atoms with van der Waals surface area (Å²) >= 11 is 0. The first-order valence-corrected chi connectivity index (χ1v) is 7.32. The first-order chi connectivity index (χ1) is 11.7. The van der Waals surface area contributed by atoms with Crippen molar-refractivity contribution in [1.82, 2.24) is 9.97 Å². The van der Waals surface area contributed by atoms with Gasteiger partial charge >= 0.3 is 17.3 Å². The zero-order valence-corrected chi connectivity index (χ0v) is 13.4. The smallest absolute Gasteiger partial charge is 0.378 e. The number of alkyl halides is 3. The molecule has 1 heterocycles. The van der Waals surface area contributed by atoms with Crippen LogP contribution in [0.15, 0.2) is 46.0 Å². The van der Waals surface area contributed by atoms with Crippen molar-refractivity contribution in [3.63, 3.8) is 0 Å². The molecule has 3 rings (SSSR count). The number of halogens is 3. The van der Waals surface area contributed by atoms with Crippen LogP contribution in [0.3, 0.4) is 0 Å². The van der Waals surface area contributed by atoms with Gasteiger partial charge in [-0.3, -0.25) is 9.59 Å². The summed E-state index contributed by atoms with van der Waals surface area (Å²) in [7, 11) is 3.65. The van der Waals surface area contributed by atoms with E-state index in [1.54, 1.807) is 24.3 Å². The fraction of sp³-hybridized carbons (Fsp3) is 0.176. The van der Waals surface area contributed by atoms with E-state index in [0.29, 0.717) is 5.56 Å². The first-order valence-electron chi connectivity index (χ1n) is 7.32. The highest BCUT2D eigenvalue weighted by Crippen LogP contribution is 2.39. The van der Waals surface area contributed by atoms with Crippen LogP contribution in [0.2, 0.25) is 0 Å². The molecule has 130 valence electrons. The van der Waals surface area contributed by atoms with E-state index in [-0.39, 0.29) is 16.6 Å². The van der Waals surface area contributed by atoms with Gasteiger partial charge in [-0.05, 0) is 35.4 Å². The topological polar surface area (TPSA) is 69.0 Å². The lowest BCUT2D eigenvalue weighted by Crippen LogP contribution is -2.29. The fourth-order valence-corrected chi connectivity index (χ4v) is 2.58. The Morgan fingerprint density at radius 1 is 0.880 bits per heavy atom. The van der Waals surface area contributed by atoms with Gasteiger partial charge in [0.15, 0.2) is 0 Å². The van der Waals surface area contributed by atoms with E-state index in [1.165, 1.54) is 6.07 Å². The summed E-state index contributed by atoms with van der Waals surface area (Å²) in [5.41, 5.74) is -1.63. The number of aromatic nitrogens is 2. The SMILES string of the molecule is CN(C)c1ccc(-c2cc3[nH]c(=O)c(=O)[nH]c3cc2C(F)(F)F)cc1. The van der Waals surface area contributed by atoms with Crippen LogP contribution in [0.25, 0.3) is 22.2 Å². The van der Waals surface area contributed by atoms with E-state index < -0.39 is 22.9 Å². The highest BCUT2D eigenvalue weighted by atomic mass is 19.4. The van der Waals surface area contributed by atoms with Crippen molar-refractivity contribution in [1.29, 1.82) is 0 Å². The van der Waals surface area contributed by atoms with E-state index in [4.69, 9.17) is 0 Å². The summed E-state index contributed by atoms with van der Waals surface area (Å²) in [6.07, 6.45) is -4.61. The molecular weight excluding hydrogens is 335 g/mol. The maximum Gasteiger partial charge on any atom is 0.417 e. The summed E-state index contributed by atoms with van der Waals surface area (Å²) < 4.78 is 40.4. The molecule has 1 aromatic heterocycles. The Labute approximate surface area is 139 Å². The van der Waals surface area contributed by atoms with Crippen LogP contribution < -0.4 is 16.0 Å². The van der Waals surface area contributed by atoms with Gasteiger partial charge in [0.25, 0.3) is 0 Å². The van der Waals surface area contributed by atoms with Crippen LogP contribution in [0.5, 0.6) is 0 Å². The number of hydrogen-bond donors (Lipinski definition) is 2. The van der Waals surface area contributed by atoms with Gasteiger partial charge in [-0.25, -0.2) is 0 Å². The van der Waals surface area contributed by atoms with Gasteiger partial charge in [0.05, 0.1) is 16.6 Å². The molecule has 0 fully saturated rings. The molecule has 0 aliphatic heterocycles. The summed E-state index contributed by atoms with van der Waals surface area (Å²) in [4.78, 5) is 29.1. The van der Waals surface area contributed by atoms with Crippen molar-refractivity contribution in [2.75, 3.05) is 19.0 Å². The van der Waals surface area contributed by atoms with E-state index in [9.17, 15) is 22.8 Å². The minimum absolute atomic E-state index is 0.0759. The standard InChI is InChI=1S/C17H14F3N3O2/c1-23(2)10-5-3-9(4-6-10)11-7-13-14(8-12(11)17(18,19)20)22-16(25)15(24)21-13/h3-8H,1-2H3,(H,21,24)(H,22,25). The lowest BCUT2D eigenvalue weighted by Gasteiger charge is -2.16. The van der Waals surface area contributed by atoms with Crippen molar-refractivity contribution in [3.8, 4) is 11.1 Å². The van der Waals surface area contributed by atoms with E-state index in [1.807, 2.05) is 19.0 Å². The molecule has 3 aromatic rings. The van der Waals surface area contributed by atoms with Crippen molar-refractivity contribution >= 4 is 16.7 Å². The minimum atomic E-state index is -4.61. The Hall–Kier alpha value is -3.03. The highest BCUT2D eigenvalue weighted by molar-refractivity contribution is 5.84. The van der Waals surface area contributed by atoms with Gasteiger partial charge in [-0.15, -0.1) is 0 Å². The molecule has 0 atom stereocenters. The first kappa shape index (κ1) is 16.8. The van der Waals surface area contributed by atoms with Gasteiger partial charge in [-0.1, -0.05) is 12.1 Å². The Bertz CT molecular complexity index is 1050. The molecule has 0 radical (unpaired) electrons. The molecule has 0 saturated heterocycles. The number of H-pyrrole nitrogens is 2. The molecule has 0 bridgehead atoms. The predicted octanol–water partition coefficient (Wildman–Crippen LogP) is 2.97. The largest absolute Gasteiger partial charge is 0.417 e. The second-order valence-electron chi connectivity index (χ2n) is 5.79. The molecule has 0 aliphatic rings. The molecule has 0 spiro atoms. The predicted molar refractivity (Wildman–Crippen MR) is 90.0 cm³/mol. The fourth-order valence-electron chi connectivity index (χ4n) is 2.58. The number of benzene rings is 2. The van der Waals surface area contributed by atoms with Crippen LogP contribution in [-0.4, -0.2) is 24.1 Å². The van der Waals surface area contributed by atoms with Crippen LogP contribution in [-0.2, 0) is 6.18 Å². The molecule has 2 N–H and O–H groups in total. The summed E-state index contributed by atoms with van der Waals surface area (Å²) in [5.74, 6) is 0. The minimum Gasteiger partial charge on any atom is -0.378 e. The average Bonchev–Trinajstić information content (AvgIpc) is 2.54. The zero-order valence-electron chi connectivity index (χ0n) is 13.4. The quantitative estimate of drug-likeness (QED) is 0.699. The van der Waals surface area contributed by atoms with Crippen LogP contribution in [0, 0.1) is 0 Å². The van der Waals surface area contributed by atoms with Crippen molar-refractivity contribution in [3.05, 3.63) is 62.7 Å². The Morgan fingerprint density at radius 3 is 1.88 bits per heavy atom. The third kappa shape index (κ3) is 3.15. The number of fused-ring (bicyclic) bond motifs is 1. The molecule has 8 heteroatoms. The lowest BCUT2D eigenvalue weighted by molar-refractivity contribution is -0.137. The highest BCUT2D eigenvalue weighted by Gasteiger charge is 2.34. The second-order valence-corrected chi connectivity index (χ2v) is 5.79. The lowest BCUT2D eigenvalue weighted by atomic mass is 9.98. The Balaban J connectivity index is 2.29. The molecule has 0 saturated carbocycles. The van der Waals surface area contributed by atoms with Crippen molar-refractivity contribution < 1.29 is 13.2 Å². The third-order valence-corrected chi connectivity index (χ3v) is 3.86. The molecule has 2 aromatic carbocycles. The van der Waals surface area contributed by atoms with Gasteiger partial charge in [-0.2, -0.15) is 13.2 Å². The molecule has 25 heavy (non-hydrogen) atoms. The maximum atomic E-state index is 13.5. The average molecular weight is 349 g/mol. The van der Waals surface area contributed by atoms with Crippen LogP contribution in [0.4, 0.5) is 18.9 Å². The molecule has 5 nitrogen and oxygen atoms in total. The Kier molecular flexibility index (Phi) is 3.90. The van der Waals surface area contributed by atoms with Gasteiger partial charge < -0.3 is 14.9 Å². The van der Waals surface area contributed by atoms with Gasteiger partial charge in [0.1, 0.15) is 0 Å². The van der Waals surface area contributed by atoms with Gasteiger partial charge in [0.2, 0.25) is 0 Å². The van der Waals surface area contributed by atoms with Crippen LogP contribution >= 0.6 is 0 Å². The molecule has 0 aliphatic carbocycles. The number of rotatable bonds is 2. The number of nitrogens with one attached hydrogen (secondary N) is 2. The summed E-state index contributed by atoms with van der Waals surface area (Å²) in [6, 6.07) is 8.62.